The molecular weight excluding hydrogens is 202 g/mol. The first-order chi connectivity index (χ1) is 7.72. The van der Waals surface area contributed by atoms with Crippen molar-refractivity contribution in [1.82, 2.24) is 10.2 Å². The molecule has 4 heteroatoms. The van der Waals surface area contributed by atoms with Gasteiger partial charge in [0, 0.05) is 12.6 Å². The number of aliphatic hydroxyl groups is 1. The maximum atomic E-state index is 8.92. The lowest BCUT2D eigenvalue weighted by Gasteiger charge is -2.38. The third-order valence-corrected chi connectivity index (χ3v) is 3.54. The molecule has 0 spiro atoms. The normalized spacial score (nSPS) is 25.8. The van der Waals surface area contributed by atoms with Gasteiger partial charge >= 0.3 is 0 Å². The van der Waals surface area contributed by atoms with E-state index in [-0.39, 0.29) is 6.61 Å². The zero-order valence-electron chi connectivity index (χ0n) is 9.93. The van der Waals surface area contributed by atoms with E-state index >= 15 is 0 Å². The summed E-state index contributed by atoms with van der Waals surface area (Å²) in [6.07, 6.45) is 2.51. The van der Waals surface area contributed by atoms with Crippen LogP contribution in [0, 0.1) is 5.92 Å². The largest absolute Gasteiger partial charge is 0.390 e. The number of anilines is 1. The van der Waals surface area contributed by atoms with Gasteiger partial charge in [-0.05, 0) is 37.8 Å². The Balaban J connectivity index is 2.15. The Hall–Kier alpha value is -1.16. The number of piperidine rings is 1. The van der Waals surface area contributed by atoms with Crippen molar-refractivity contribution in [1.29, 1.82) is 0 Å². The third kappa shape index (κ3) is 2.16. The molecule has 0 saturated carbocycles. The van der Waals surface area contributed by atoms with Crippen molar-refractivity contribution in [2.75, 3.05) is 11.4 Å². The summed E-state index contributed by atoms with van der Waals surface area (Å²) in [5, 5.41) is 17.1. The summed E-state index contributed by atoms with van der Waals surface area (Å²) >= 11 is 0. The van der Waals surface area contributed by atoms with Gasteiger partial charge < -0.3 is 10.0 Å². The highest BCUT2D eigenvalue weighted by Gasteiger charge is 2.25. The average Bonchev–Trinajstić information content (AvgIpc) is 2.33. The SMILES string of the molecule is CC1CCCN(c2ccc(CO)nn2)C1C. The Labute approximate surface area is 96.3 Å². The van der Waals surface area contributed by atoms with E-state index in [1.54, 1.807) is 0 Å². The van der Waals surface area contributed by atoms with Crippen LogP contribution in [0.2, 0.25) is 0 Å². The zero-order chi connectivity index (χ0) is 11.5. The van der Waals surface area contributed by atoms with Gasteiger partial charge in [0.1, 0.15) is 0 Å². The van der Waals surface area contributed by atoms with Crippen LogP contribution in [0.5, 0.6) is 0 Å². The van der Waals surface area contributed by atoms with Gasteiger partial charge in [-0.1, -0.05) is 6.92 Å². The summed E-state index contributed by atoms with van der Waals surface area (Å²) in [6, 6.07) is 4.31. The molecular formula is C12H19N3O. The highest BCUT2D eigenvalue weighted by atomic mass is 16.3. The lowest BCUT2D eigenvalue weighted by molar-refractivity contribution is 0.275. The zero-order valence-corrected chi connectivity index (χ0v) is 9.93. The summed E-state index contributed by atoms with van der Waals surface area (Å²) in [6.45, 7) is 5.54. The molecule has 2 heterocycles. The van der Waals surface area contributed by atoms with Crippen LogP contribution in [0.3, 0.4) is 0 Å². The van der Waals surface area contributed by atoms with Crippen molar-refractivity contribution in [3.63, 3.8) is 0 Å². The van der Waals surface area contributed by atoms with Crippen molar-refractivity contribution < 1.29 is 5.11 Å². The molecule has 1 aliphatic rings. The van der Waals surface area contributed by atoms with Gasteiger partial charge in [0.05, 0.1) is 12.3 Å². The summed E-state index contributed by atoms with van der Waals surface area (Å²) in [7, 11) is 0. The van der Waals surface area contributed by atoms with Crippen LogP contribution in [0.25, 0.3) is 0 Å². The molecule has 1 aliphatic heterocycles. The molecule has 1 aromatic rings. The highest BCUT2D eigenvalue weighted by Crippen LogP contribution is 2.26. The quantitative estimate of drug-likeness (QED) is 0.824. The van der Waals surface area contributed by atoms with Crippen LogP contribution in [0.1, 0.15) is 32.4 Å². The van der Waals surface area contributed by atoms with E-state index in [4.69, 9.17) is 5.11 Å². The number of hydrogen-bond donors (Lipinski definition) is 1. The lowest BCUT2D eigenvalue weighted by atomic mass is 9.92. The first-order valence-corrected chi connectivity index (χ1v) is 5.92. The Morgan fingerprint density at radius 1 is 1.38 bits per heavy atom. The molecule has 16 heavy (non-hydrogen) atoms. The summed E-state index contributed by atoms with van der Waals surface area (Å²) < 4.78 is 0. The van der Waals surface area contributed by atoms with E-state index in [0.717, 1.165) is 12.4 Å². The van der Waals surface area contributed by atoms with Crippen LogP contribution in [-0.2, 0) is 6.61 Å². The number of hydrogen-bond acceptors (Lipinski definition) is 4. The van der Waals surface area contributed by atoms with E-state index < -0.39 is 0 Å². The number of aromatic nitrogens is 2. The lowest BCUT2D eigenvalue weighted by Crippen LogP contribution is -2.43. The summed E-state index contributed by atoms with van der Waals surface area (Å²) in [4.78, 5) is 2.31. The molecule has 0 radical (unpaired) electrons. The van der Waals surface area contributed by atoms with Gasteiger partial charge in [0.2, 0.25) is 0 Å². The minimum Gasteiger partial charge on any atom is -0.390 e. The first kappa shape index (κ1) is 11.3. The minimum atomic E-state index is -0.0424. The average molecular weight is 221 g/mol. The smallest absolute Gasteiger partial charge is 0.151 e. The van der Waals surface area contributed by atoms with Gasteiger partial charge in [0.15, 0.2) is 5.82 Å². The second kappa shape index (κ2) is 4.78. The van der Waals surface area contributed by atoms with Crippen LogP contribution in [0.15, 0.2) is 12.1 Å². The summed E-state index contributed by atoms with van der Waals surface area (Å²) in [5.74, 6) is 1.63. The van der Waals surface area contributed by atoms with Gasteiger partial charge in [-0.15, -0.1) is 5.10 Å². The fraction of sp³-hybridized carbons (Fsp3) is 0.667. The molecule has 0 aliphatic carbocycles. The van der Waals surface area contributed by atoms with Crippen molar-refractivity contribution in [2.24, 2.45) is 5.92 Å². The molecule has 2 atom stereocenters. The fourth-order valence-electron chi connectivity index (χ4n) is 2.25. The topological polar surface area (TPSA) is 49.2 Å². The second-order valence-electron chi connectivity index (χ2n) is 4.59. The molecule has 1 saturated heterocycles. The summed E-state index contributed by atoms with van der Waals surface area (Å²) in [5.41, 5.74) is 0.626. The van der Waals surface area contributed by atoms with Crippen molar-refractivity contribution in [3.05, 3.63) is 17.8 Å². The Bertz CT molecular complexity index is 339. The molecule has 0 bridgehead atoms. The van der Waals surface area contributed by atoms with Crippen molar-refractivity contribution in [3.8, 4) is 0 Å². The van der Waals surface area contributed by atoms with Crippen LogP contribution in [0.4, 0.5) is 5.82 Å². The third-order valence-electron chi connectivity index (χ3n) is 3.54. The monoisotopic (exact) mass is 221 g/mol. The predicted octanol–water partition coefficient (Wildman–Crippen LogP) is 1.59. The van der Waals surface area contributed by atoms with Gasteiger partial charge in [-0.3, -0.25) is 0 Å². The fourth-order valence-corrected chi connectivity index (χ4v) is 2.25. The van der Waals surface area contributed by atoms with E-state index in [2.05, 4.69) is 28.9 Å². The van der Waals surface area contributed by atoms with E-state index in [1.165, 1.54) is 12.8 Å². The maximum Gasteiger partial charge on any atom is 0.151 e. The molecule has 0 amide bonds. The molecule has 2 rings (SSSR count). The molecule has 1 N–H and O–H groups in total. The molecule has 4 nitrogen and oxygen atoms in total. The number of nitrogens with zero attached hydrogens (tertiary/aromatic N) is 3. The maximum absolute atomic E-state index is 8.92. The Morgan fingerprint density at radius 2 is 2.19 bits per heavy atom. The molecule has 2 unspecified atom stereocenters. The van der Waals surface area contributed by atoms with Crippen LogP contribution >= 0.6 is 0 Å². The number of rotatable bonds is 2. The standard InChI is InChI=1S/C12H19N3O/c1-9-4-3-7-15(10(9)2)12-6-5-11(8-16)13-14-12/h5-6,9-10,16H,3-4,7-8H2,1-2H3. The van der Waals surface area contributed by atoms with E-state index in [1.807, 2.05) is 12.1 Å². The highest BCUT2D eigenvalue weighted by molar-refractivity contribution is 5.39. The first-order valence-electron chi connectivity index (χ1n) is 5.92. The minimum absolute atomic E-state index is 0.0424. The molecule has 88 valence electrons. The molecule has 1 aromatic heterocycles. The van der Waals surface area contributed by atoms with Crippen LogP contribution < -0.4 is 4.90 Å². The van der Waals surface area contributed by atoms with Gasteiger partial charge in [-0.25, -0.2) is 0 Å². The van der Waals surface area contributed by atoms with Crippen LogP contribution in [-0.4, -0.2) is 27.9 Å². The molecule has 1 fully saturated rings. The van der Waals surface area contributed by atoms with Crippen molar-refractivity contribution in [2.45, 2.75) is 39.3 Å². The Morgan fingerprint density at radius 3 is 2.81 bits per heavy atom. The predicted molar refractivity (Wildman–Crippen MR) is 63.2 cm³/mol. The molecule has 0 aromatic carbocycles. The number of aliphatic hydroxyl groups excluding tert-OH is 1. The van der Waals surface area contributed by atoms with Gasteiger partial charge in [0.25, 0.3) is 0 Å². The van der Waals surface area contributed by atoms with E-state index in [0.29, 0.717) is 17.7 Å². The Kier molecular flexibility index (Phi) is 3.39. The van der Waals surface area contributed by atoms with Gasteiger partial charge in [-0.2, -0.15) is 5.10 Å². The van der Waals surface area contributed by atoms with Crippen molar-refractivity contribution >= 4 is 5.82 Å². The second-order valence-corrected chi connectivity index (χ2v) is 4.59. The van der Waals surface area contributed by atoms with E-state index in [9.17, 15) is 0 Å².